The van der Waals surface area contributed by atoms with Gasteiger partial charge >= 0.3 is 17.9 Å². The van der Waals surface area contributed by atoms with Crippen LogP contribution in [0.5, 0.6) is 0 Å². The summed E-state index contributed by atoms with van der Waals surface area (Å²) in [7, 11) is 0. The molecule has 434 valence electrons. The summed E-state index contributed by atoms with van der Waals surface area (Å²) >= 11 is 0. The second kappa shape index (κ2) is 58.1. The predicted octanol–water partition coefficient (Wildman–Crippen LogP) is 22.2. The molecule has 0 radical (unpaired) electrons. The maximum atomic E-state index is 12.9. The van der Waals surface area contributed by atoms with E-state index in [0.29, 0.717) is 19.3 Å². The third-order valence-electron chi connectivity index (χ3n) is 16.1. The van der Waals surface area contributed by atoms with Crippen LogP contribution in [0.1, 0.15) is 375 Å². The summed E-state index contributed by atoms with van der Waals surface area (Å²) in [6, 6.07) is 0. The summed E-state index contributed by atoms with van der Waals surface area (Å²) < 4.78 is 17.0. The van der Waals surface area contributed by atoms with Crippen LogP contribution in [0.3, 0.4) is 0 Å². The van der Waals surface area contributed by atoms with Gasteiger partial charge in [-0.05, 0) is 37.0 Å². The van der Waals surface area contributed by atoms with Crippen molar-refractivity contribution in [3.05, 3.63) is 0 Å². The Morgan fingerprint density at radius 2 is 0.479 bits per heavy atom. The molecule has 0 aromatic heterocycles. The highest BCUT2D eigenvalue weighted by Crippen LogP contribution is 2.20. The monoisotopic (exact) mass is 1030 g/mol. The second-order valence-corrected chi connectivity index (χ2v) is 24.1. The highest BCUT2D eigenvalue weighted by molar-refractivity contribution is 5.71. The lowest BCUT2D eigenvalue weighted by molar-refractivity contribution is -0.167. The van der Waals surface area contributed by atoms with Crippen LogP contribution in [-0.4, -0.2) is 37.2 Å². The Kier molecular flexibility index (Phi) is 56.8. The van der Waals surface area contributed by atoms with Crippen molar-refractivity contribution in [2.45, 2.75) is 382 Å². The molecule has 3 atom stereocenters. The lowest BCUT2D eigenvalue weighted by atomic mass is 9.99. The van der Waals surface area contributed by atoms with Gasteiger partial charge in [0.15, 0.2) is 6.10 Å². The van der Waals surface area contributed by atoms with E-state index in [-0.39, 0.29) is 31.1 Å². The molecule has 0 heterocycles. The second-order valence-electron chi connectivity index (χ2n) is 24.1. The highest BCUT2D eigenvalue weighted by atomic mass is 16.6. The molecule has 0 aromatic carbocycles. The minimum absolute atomic E-state index is 0.0624. The molecule has 0 spiro atoms. The number of unbranched alkanes of at least 4 members (excludes halogenated alkanes) is 41. The van der Waals surface area contributed by atoms with Crippen LogP contribution >= 0.6 is 0 Å². The first-order chi connectivity index (χ1) is 35.7. The SMILES string of the molecule is CCC(C)CCCCCCCCCCCCCCCCCCCCC(=O)OC[C@@H](COC(=O)CCCCCCCCCCCCCCC(C)C)OC(=O)CCCCCCCCCCCCCCCCC(C)CC. The first kappa shape index (κ1) is 71.4. The standard InChI is InChI=1S/C67H130O6/c1-7-62(5)54-48-42-36-30-24-17-13-11-9-10-12-14-19-26-32-38-44-50-56-65(68)71-59-64(60-72-66(69)57-51-45-39-33-27-22-21-23-29-35-41-47-53-61(3)4)73-67(70)58-52-46-40-34-28-20-16-15-18-25-31-37-43-49-55-63(6)8-2/h61-64H,7-60H2,1-6H3/t62?,63?,64-/m0/s1. The van der Waals surface area contributed by atoms with Crippen molar-refractivity contribution < 1.29 is 28.6 Å². The van der Waals surface area contributed by atoms with Crippen molar-refractivity contribution in [2.75, 3.05) is 13.2 Å². The molecule has 6 nitrogen and oxygen atoms in total. The first-order valence-electron chi connectivity index (χ1n) is 33.2. The molecule has 0 aromatic rings. The topological polar surface area (TPSA) is 78.9 Å². The van der Waals surface area contributed by atoms with E-state index in [4.69, 9.17) is 14.2 Å². The van der Waals surface area contributed by atoms with Gasteiger partial charge < -0.3 is 14.2 Å². The lowest BCUT2D eigenvalue weighted by Crippen LogP contribution is -2.30. The molecule has 0 bridgehead atoms. The molecule has 6 heteroatoms. The van der Waals surface area contributed by atoms with Gasteiger partial charge in [0, 0.05) is 19.3 Å². The van der Waals surface area contributed by atoms with Gasteiger partial charge in [-0.1, -0.05) is 337 Å². The Balaban J connectivity index is 4.27. The van der Waals surface area contributed by atoms with Gasteiger partial charge in [-0.3, -0.25) is 14.4 Å². The van der Waals surface area contributed by atoms with E-state index in [9.17, 15) is 14.4 Å². The molecule has 73 heavy (non-hydrogen) atoms. The summed E-state index contributed by atoms with van der Waals surface area (Å²) in [5.41, 5.74) is 0. The molecule has 2 unspecified atom stereocenters. The van der Waals surface area contributed by atoms with Gasteiger partial charge in [0.1, 0.15) is 13.2 Å². The minimum Gasteiger partial charge on any atom is -0.462 e. The molecular formula is C67H130O6. The fourth-order valence-corrected chi connectivity index (χ4v) is 10.3. The van der Waals surface area contributed by atoms with Crippen molar-refractivity contribution in [3.8, 4) is 0 Å². The average molecular weight is 1030 g/mol. The van der Waals surface area contributed by atoms with Crippen LogP contribution in [0.15, 0.2) is 0 Å². The maximum Gasteiger partial charge on any atom is 0.306 e. The van der Waals surface area contributed by atoms with Crippen molar-refractivity contribution in [2.24, 2.45) is 17.8 Å². The van der Waals surface area contributed by atoms with Crippen molar-refractivity contribution in [1.82, 2.24) is 0 Å². The molecule has 0 aliphatic heterocycles. The number of hydrogen-bond acceptors (Lipinski definition) is 6. The van der Waals surface area contributed by atoms with Gasteiger partial charge in [-0.25, -0.2) is 0 Å². The Labute approximate surface area is 457 Å². The van der Waals surface area contributed by atoms with E-state index in [1.54, 1.807) is 0 Å². The Bertz CT molecular complexity index is 1140. The van der Waals surface area contributed by atoms with Crippen LogP contribution < -0.4 is 0 Å². The molecule has 0 aliphatic carbocycles. The average Bonchev–Trinajstić information content (AvgIpc) is 3.38. The molecule has 0 saturated carbocycles. The van der Waals surface area contributed by atoms with E-state index in [1.807, 2.05) is 0 Å². The highest BCUT2D eigenvalue weighted by Gasteiger charge is 2.20. The third-order valence-corrected chi connectivity index (χ3v) is 16.1. The summed E-state index contributed by atoms with van der Waals surface area (Å²) in [5, 5.41) is 0. The molecule has 0 aliphatic rings. The number of hydrogen-bond donors (Lipinski definition) is 0. The summed E-state index contributed by atoms with van der Waals surface area (Å²) in [6.07, 6.45) is 63.8. The first-order valence-corrected chi connectivity index (χ1v) is 33.2. The van der Waals surface area contributed by atoms with Gasteiger partial charge in [-0.15, -0.1) is 0 Å². The zero-order valence-electron chi connectivity index (χ0n) is 50.4. The Morgan fingerprint density at radius 3 is 0.712 bits per heavy atom. The summed E-state index contributed by atoms with van der Waals surface area (Å²) in [6.45, 7) is 13.9. The zero-order valence-corrected chi connectivity index (χ0v) is 50.4. The van der Waals surface area contributed by atoms with Crippen LogP contribution in [0.25, 0.3) is 0 Å². The third kappa shape index (κ3) is 57.9. The molecule has 0 saturated heterocycles. The normalized spacial score (nSPS) is 12.9. The van der Waals surface area contributed by atoms with Gasteiger partial charge in [-0.2, -0.15) is 0 Å². The smallest absolute Gasteiger partial charge is 0.306 e. The summed E-state index contributed by atoms with van der Waals surface area (Å²) in [5.74, 6) is 1.80. The van der Waals surface area contributed by atoms with E-state index < -0.39 is 6.10 Å². The number of carbonyl (C=O) groups excluding carboxylic acids is 3. The molecule has 0 amide bonds. The van der Waals surface area contributed by atoms with Gasteiger partial charge in [0.2, 0.25) is 0 Å². The maximum absolute atomic E-state index is 12.9. The Hall–Kier alpha value is -1.59. The largest absolute Gasteiger partial charge is 0.462 e. The minimum atomic E-state index is -0.765. The van der Waals surface area contributed by atoms with E-state index >= 15 is 0 Å². The Morgan fingerprint density at radius 1 is 0.274 bits per heavy atom. The number of rotatable bonds is 60. The van der Waals surface area contributed by atoms with Crippen LogP contribution in [0, 0.1) is 17.8 Å². The van der Waals surface area contributed by atoms with Crippen molar-refractivity contribution in [3.63, 3.8) is 0 Å². The van der Waals surface area contributed by atoms with E-state index in [0.717, 1.165) is 75.5 Å². The van der Waals surface area contributed by atoms with Crippen LogP contribution in [0.2, 0.25) is 0 Å². The molecule has 0 rings (SSSR count). The number of esters is 3. The predicted molar refractivity (Wildman–Crippen MR) is 316 cm³/mol. The van der Waals surface area contributed by atoms with Gasteiger partial charge in [0.05, 0.1) is 0 Å². The zero-order chi connectivity index (χ0) is 53.3. The van der Waals surface area contributed by atoms with Crippen LogP contribution in [0.4, 0.5) is 0 Å². The fourth-order valence-electron chi connectivity index (χ4n) is 10.3. The lowest BCUT2D eigenvalue weighted by Gasteiger charge is -2.18. The molecule has 0 N–H and O–H groups in total. The molecule has 0 fully saturated rings. The summed E-state index contributed by atoms with van der Waals surface area (Å²) in [4.78, 5) is 38.4. The van der Waals surface area contributed by atoms with E-state index in [1.165, 1.54) is 257 Å². The molecular weight excluding hydrogens is 901 g/mol. The quantitative estimate of drug-likeness (QED) is 0.0343. The van der Waals surface area contributed by atoms with E-state index in [2.05, 4.69) is 41.5 Å². The van der Waals surface area contributed by atoms with Crippen molar-refractivity contribution >= 4 is 17.9 Å². The van der Waals surface area contributed by atoms with Crippen molar-refractivity contribution in [1.29, 1.82) is 0 Å². The van der Waals surface area contributed by atoms with Gasteiger partial charge in [0.25, 0.3) is 0 Å². The number of ether oxygens (including phenoxy) is 3. The van der Waals surface area contributed by atoms with Crippen LogP contribution in [-0.2, 0) is 28.6 Å². The number of carbonyl (C=O) groups is 3. The fraction of sp³-hybridized carbons (Fsp3) is 0.955.